The van der Waals surface area contributed by atoms with E-state index in [1.54, 1.807) is 25.1 Å². The predicted octanol–water partition coefficient (Wildman–Crippen LogP) is 3.28. The maximum absolute atomic E-state index is 12.6. The van der Waals surface area contributed by atoms with Gasteiger partial charge in [-0.25, -0.2) is 17.9 Å². The van der Waals surface area contributed by atoms with E-state index in [9.17, 15) is 18.0 Å². The molecule has 1 amide bonds. The van der Waals surface area contributed by atoms with Crippen molar-refractivity contribution in [2.24, 2.45) is 0 Å². The molecule has 1 unspecified atom stereocenters. The van der Waals surface area contributed by atoms with Crippen LogP contribution in [0.1, 0.15) is 35.7 Å². The van der Waals surface area contributed by atoms with Crippen LogP contribution in [0.2, 0.25) is 5.02 Å². The molecule has 1 saturated carbocycles. The number of carbonyl (C=O) groups excluding carboxylic acids is 2. The lowest BCUT2D eigenvalue weighted by atomic mass is 10.2. The number of aryl methyl sites for hydroxylation is 1. The smallest absolute Gasteiger partial charge is 0.338 e. The standard InChI is InChI=1S/C21H23ClN2O6S/c1-12-4-6-15(22)11-17(12)23-20(25)13(2)30-21(26)14-5-9-18(29-3)19(10-14)31(27,28)24-16-7-8-16/h4-6,9-11,13,16,24H,7-8H2,1-3H3,(H,23,25). The largest absolute Gasteiger partial charge is 0.495 e. The van der Waals surface area contributed by atoms with Crippen LogP contribution < -0.4 is 14.8 Å². The number of carbonyl (C=O) groups is 2. The number of esters is 1. The van der Waals surface area contributed by atoms with Crippen molar-refractivity contribution in [3.05, 3.63) is 52.5 Å². The van der Waals surface area contributed by atoms with Crippen LogP contribution in [0.4, 0.5) is 5.69 Å². The summed E-state index contributed by atoms with van der Waals surface area (Å²) in [5, 5.41) is 3.12. The van der Waals surface area contributed by atoms with E-state index in [1.165, 1.54) is 32.2 Å². The molecule has 2 N–H and O–H groups in total. The summed E-state index contributed by atoms with van der Waals surface area (Å²) in [5.41, 5.74) is 1.28. The lowest BCUT2D eigenvalue weighted by Gasteiger charge is -2.16. The Hall–Kier alpha value is -2.62. The van der Waals surface area contributed by atoms with Crippen LogP contribution in [-0.4, -0.2) is 39.5 Å². The summed E-state index contributed by atoms with van der Waals surface area (Å²) in [4.78, 5) is 24.8. The van der Waals surface area contributed by atoms with Gasteiger partial charge in [0.15, 0.2) is 6.10 Å². The van der Waals surface area contributed by atoms with Gasteiger partial charge in [0, 0.05) is 16.8 Å². The minimum Gasteiger partial charge on any atom is -0.495 e. The van der Waals surface area contributed by atoms with E-state index in [0.29, 0.717) is 10.7 Å². The lowest BCUT2D eigenvalue weighted by Crippen LogP contribution is -2.30. The normalized spacial score (nSPS) is 14.6. The van der Waals surface area contributed by atoms with Gasteiger partial charge < -0.3 is 14.8 Å². The van der Waals surface area contributed by atoms with Crippen molar-refractivity contribution in [3.63, 3.8) is 0 Å². The zero-order valence-electron chi connectivity index (χ0n) is 17.3. The highest BCUT2D eigenvalue weighted by Gasteiger charge is 2.31. The molecule has 1 atom stereocenters. The van der Waals surface area contributed by atoms with Crippen LogP contribution in [0, 0.1) is 6.92 Å². The van der Waals surface area contributed by atoms with Gasteiger partial charge in [0.2, 0.25) is 10.0 Å². The van der Waals surface area contributed by atoms with Crippen LogP contribution >= 0.6 is 11.6 Å². The van der Waals surface area contributed by atoms with Gasteiger partial charge in [0.05, 0.1) is 12.7 Å². The Balaban J connectivity index is 1.74. The zero-order chi connectivity index (χ0) is 22.8. The predicted molar refractivity (Wildman–Crippen MR) is 116 cm³/mol. The fourth-order valence-corrected chi connectivity index (χ4v) is 4.42. The third-order valence-electron chi connectivity index (χ3n) is 4.70. The molecule has 0 aliphatic heterocycles. The first kappa shape index (κ1) is 23.1. The molecule has 0 saturated heterocycles. The third-order valence-corrected chi connectivity index (χ3v) is 6.48. The Morgan fingerprint density at radius 1 is 1.16 bits per heavy atom. The van der Waals surface area contributed by atoms with E-state index in [4.69, 9.17) is 21.1 Å². The number of ether oxygens (including phenoxy) is 2. The first-order chi connectivity index (χ1) is 14.6. The molecule has 0 bridgehead atoms. The molecule has 2 aromatic rings. The van der Waals surface area contributed by atoms with Gasteiger partial charge >= 0.3 is 5.97 Å². The SMILES string of the molecule is COc1ccc(C(=O)OC(C)C(=O)Nc2cc(Cl)ccc2C)cc1S(=O)(=O)NC1CC1. The number of amides is 1. The molecule has 3 rings (SSSR count). The number of hydrogen-bond donors (Lipinski definition) is 2. The molecule has 8 nitrogen and oxygen atoms in total. The van der Waals surface area contributed by atoms with Crippen molar-refractivity contribution in [2.45, 2.75) is 43.7 Å². The van der Waals surface area contributed by atoms with E-state index in [2.05, 4.69) is 10.0 Å². The minimum absolute atomic E-state index is 0.0180. The van der Waals surface area contributed by atoms with Crippen LogP contribution in [-0.2, 0) is 19.6 Å². The maximum atomic E-state index is 12.6. The van der Waals surface area contributed by atoms with Crippen molar-refractivity contribution >= 4 is 39.2 Å². The summed E-state index contributed by atoms with van der Waals surface area (Å²) in [6.07, 6.45) is 0.405. The average Bonchev–Trinajstić information content (AvgIpc) is 3.53. The van der Waals surface area contributed by atoms with Crippen molar-refractivity contribution in [1.82, 2.24) is 4.72 Å². The zero-order valence-corrected chi connectivity index (χ0v) is 18.8. The molecule has 0 spiro atoms. The van der Waals surface area contributed by atoms with E-state index in [0.717, 1.165) is 18.4 Å². The van der Waals surface area contributed by atoms with Crippen LogP contribution in [0.15, 0.2) is 41.3 Å². The second kappa shape index (κ2) is 9.25. The van der Waals surface area contributed by atoms with Gasteiger partial charge in [-0.3, -0.25) is 4.79 Å². The third kappa shape index (κ3) is 5.75. The highest BCUT2D eigenvalue weighted by atomic mass is 35.5. The van der Waals surface area contributed by atoms with Crippen molar-refractivity contribution in [3.8, 4) is 5.75 Å². The Labute approximate surface area is 185 Å². The van der Waals surface area contributed by atoms with E-state index >= 15 is 0 Å². The summed E-state index contributed by atoms with van der Waals surface area (Å²) in [6.45, 7) is 3.22. The highest BCUT2D eigenvalue weighted by molar-refractivity contribution is 7.89. The van der Waals surface area contributed by atoms with Crippen LogP contribution in [0.5, 0.6) is 5.75 Å². The summed E-state index contributed by atoms with van der Waals surface area (Å²) in [7, 11) is -2.52. The van der Waals surface area contributed by atoms with Gasteiger partial charge in [-0.05, 0) is 62.6 Å². The topological polar surface area (TPSA) is 111 Å². The van der Waals surface area contributed by atoms with Gasteiger partial charge in [-0.2, -0.15) is 0 Å². The second-order valence-electron chi connectivity index (χ2n) is 7.26. The van der Waals surface area contributed by atoms with E-state index in [1.807, 2.05) is 0 Å². The molecule has 31 heavy (non-hydrogen) atoms. The van der Waals surface area contributed by atoms with Crippen LogP contribution in [0.3, 0.4) is 0 Å². The second-order valence-corrected chi connectivity index (χ2v) is 9.38. The van der Waals surface area contributed by atoms with Crippen LogP contribution in [0.25, 0.3) is 0 Å². The molecule has 0 radical (unpaired) electrons. The number of rotatable bonds is 8. The summed E-state index contributed by atoms with van der Waals surface area (Å²) in [5.74, 6) is -1.28. The number of anilines is 1. The first-order valence-electron chi connectivity index (χ1n) is 9.59. The van der Waals surface area contributed by atoms with E-state index in [-0.39, 0.29) is 22.3 Å². The lowest BCUT2D eigenvalue weighted by molar-refractivity contribution is -0.123. The molecule has 166 valence electrons. The van der Waals surface area contributed by atoms with Gasteiger partial charge in [-0.15, -0.1) is 0 Å². The summed E-state index contributed by atoms with van der Waals surface area (Å²) in [6, 6.07) is 8.87. The average molecular weight is 467 g/mol. The molecule has 1 fully saturated rings. The number of benzene rings is 2. The van der Waals surface area contributed by atoms with E-state index < -0.39 is 28.0 Å². The van der Waals surface area contributed by atoms with Crippen molar-refractivity contribution < 1.29 is 27.5 Å². The summed E-state index contributed by atoms with van der Waals surface area (Å²) >= 11 is 5.95. The summed E-state index contributed by atoms with van der Waals surface area (Å²) < 4.78 is 38.1. The molecular weight excluding hydrogens is 444 g/mol. The number of sulfonamides is 1. The Morgan fingerprint density at radius 2 is 1.87 bits per heavy atom. The van der Waals surface area contributed by atoms with Crippen molar-refractivity contribution in [1.29, 1.82) is 0 Å². The van der Waals surface area contributed by atoms with Crippen molar-refractivity contribution in [2.75, 3.05) is 12.4 Å². The molecule has 10 heteroatoms. The number of halogens is 1. The fourth-order valence-electron chi connectivity index (χ4n) is 2.74. The Kier molecular flexibility index (Phi) is 6.88. The van der Waals surface area contributed by atoms with Gasteiger partial charge in [-0.1, -0.05) is 17.7 Å². The Morgan fingerprint density at radius 3 is 2.52 bits per heavy atom. The molecular formula is C21H23ClN2O6S. The van der Waals surface area contributed by atoms with Gasteiger partial charge in [0.25, 0.3) is 5.91 Å². The first-order valence-corrected chi connectivity index (χ1v) is 11.4. The molecule has 1 aliphatic rings. The maximum Gasteiger partial charge on any atom is 0.338 e. The molecule has 0 heterocycles. The highest BCUT2D eigenvalue weighted by Crippen LogP contribution is 2.28. The molecule has 2 aromatic carbocycles. The van der Waals surface area contributed by atoms with Gasteiger partial charge in [0.1, 0.15) is 10.6 Å². The fraction of sp³-hybridized carbons (Fsp3) is 0.333. The molecule has 1 aliphatic carbocycles. The minimum atomic E-state index is -3.86. The monoisotopic (exact) mass is 466 g/mol. The number of methoxy groups -OCH3 is 1. The quantitative estimate of drug-likeness (QED) is 0.577. The Bertz CT molecular complexity index is 1110. The number of hydrogen-bond acceptors (Lipinski definition) is 6. The number of nitrogens with one attached hydrogen (secondary N) is 2. The molecule has 0 aromatic heterocycles.